The summed E-state index contributed by atoms with van der Waals surface area (Å²) in [5, 5.41) is 18.1. The van der Waals surface area contributed by atoms with E-state index in [0.29, 0.717) is 5.92 Å². The van der Waals surface area contributed by atoms with Crippen LogP contribution in [-0.2, 0) is 4.79 Å². The molecule has 2 fully saturated rings. The smallest absolute Gasteiger partial charge is 0.306 e. The molecule has 3 heteroatoms. The minimum absolute atomic E-state index is 0.0532. The molecule has 62 valence electrons. The molecule has 4 atom stereocenters. The van der Waals surface area contributed by atoms with E-state index >= 15 is 0 Å². The second-order valence-corrected chi connectivity index (χ2v) is 3.75. The molecule has 2 aliphatic carbocycles. The van der Waals surface area contributed by atoms with Gasteiger partial charge in [-0.3, -0.25) is 4.79 Å². The van der Waals surface area contributed by atoms with Gasteiger partial charge in [-0.2, -0.15) is 0 Å². The molecule has 2 aliphatic rings. The number of hydrogen-bond donors (Lipinski definition) is 2. The summed E-state index contributed by atoms with van der Waals surface area (Å²) in [7, 11) is 0. The quantitative estimate of drug-likeness (QED) is 0.580. The normalized spacial score (nSPS) is 48.1. The summed E-state index contributed by atoms with van der Waals surface area (Å²) in [6, 6.07) is 0. The van der Waals surface area contributed by atoms with E-state index in [2.05, 4.69) is 0 Å². The molecular weight excluding hydrogens is 144 g/mol. The Bertz CT molecular complexity index is 190. The minimum atomic E-state index is -0.726. The molecule has 2 rings (SSSR count). The van der Waals surface area contributed by atoms with Crippen molar-refractivity contribution in [1.29, 1.82) is 0 Å². The van der Waals surface area contributed by atoms with Gasteiger partial charge in [-0.25, -0.2) is 0 Å². The van der Waals surface area contributed by atoms with E-state index in [9.17, 15) is 9.90 Å². The van der Waals surface area contributed by atoms with Crippen molar-refractivity contribution in [3.05, 3.63) is 0 Å². The molecular formula is C8H12O3. The summed E-state index contributed by atoms with van der Waals surface area (Å²) in [6.07, 6.45) is 2.21. The van der Waals surface area contributed by atoms with Crippen molar-refractivity contribution in [3.63, 3.8) is 0 Å². The first kappa shape index (κ1) is 7.10. The lowest BCUT2D eigenvalue weighted by Crippen LogP contribution is -2.29. The molecule has 0 heterocycles. The van der Waals surface area contributed by atoms with Gasteiger partial charge < -0.3 is 10.2 Å². The highest BCUT2D eigenvalue weighted by atomic mass is 16.4. The van der Waals surface area contributed by atoms with Gasteiger partial charge in [0.25, 0.3) is 0 Å². The van der Waals surface area contributed by atoms with Crippen molar-refractivity contribution in [2.75, 3.05) is 0 Å². The third kappa shape index (κ3) is 0.948. The van der Waals surface area contributed by atoms with E-state index in [4.69, 9.17) is 5.11 Å². The molecule has 0 aromatic carbocycles. The molecule has 2 saturated carbocycles. The topological polar surface area (TPSA) is 57.5 Å². The number of rotatable bonds is 1. The van der Waals surface area contributed by atoms with Crippen LogP contribution in [0.15, 0.2) is 0 Å². The highest BCUT2D eigenvalue weighted by molar-refractivity contribution is 5.71. The first-order valence-electron chi connectivity index (χ1n) is 4.09. The summed E-state index contributed by atoms with van der Waals surface area (Å²) in [4.78, 5) is 10.6. The summed E-state index contributed by atoms with van der Waals surface area (Å²) in [5.41, 5.74) is 0. The predicted molar refractivity (Wildman–Crippen MR) is 38.0 cm³/mol. The minimum Gasteiger partial charge on any atom is -0.481 e. The Morgan fingerprint density at radius 3 is 2.36 bits per heavy atom. The Kier molecular flexibility index (Phi) is 1.42. The fourth-order valence-electron chi connectivity index (χ4n) is 2.60. The molecule has 0 aromatic rings. The number of fused-ring (bicyclic) bond motifs is 2. The zero-order valence-electron chi connectivity index (χ0n) is 6.23. The largest absolute Gasteiger partial charge is 0.481 e. The van der Waals surface area contributed by atoms with Gasteiger partial charge in [0.05, 0.1) is 12.0 Å². The van der Waals surface area contributed by atoms with Crippen LogP contribution in [0.2, 0.25) is 0 Å². The van der Waals surface area contributed by atoms with Gasteiger partial charge in [-0.15, -0.1) is 0 Å². The van der Waals surface area contributed by atoms with Crippen molar-refractivity contribution in [2.45, 2.75) is 25.4 Å². The standard InChI is InChI=1S/C8H12O3/c9-7-3-4-1-5(7)6(2-4)8(10)11/h4-7,9H,1-3H2,(H,10,11)/t4-,5-,6+,7-/m1/s1. The number of carbonyl (C=O) groups is 1. The maximum absolute atomic E-state index is 10.6. The van der Waals surface area contributed by atoms with Crippen molar-refractivity contribution >= 4 is 5.97 Å². The fraction of sp³-hybridized carbons (Fsp3) is 0.875. The Morgan fingerprint density at radius 1 is 1.27 bits per heavy atom. The van der Waals surface area contributed by atoms with Crippen LogP contribution in [0.5, 0.6) is 0 Å². The third-order valence-corrected chi connectivity index (χ3v) is 3.10. The van der Waals surface area contributed by atoms with Gasteiger partial charge in [0.15, 0.2) is 0 Å². The summed E-state index contributed by atoms with van der Waals surface area (Å²) in [5.74, 6) is -0.450. The Labute approximate surface area is 65.0 Å². The molecule has 0 radical (unpaired) electrons. The monoisotopic (exact) mass is 156 g/mol. The van der Waals surface area contributed by atoms with Crippen molar-refractivity contribution in [1.82, 2.24) is 0 Å². The Hall–Kier alpha value is -0.570. The number of aliphatic carboxylic acids is 1. The second-order valence-electron chi connectivity index (χ2n) is 3.75. The highest BCUT2D eigenvalue weighted by Crippen LogP contribution is 2.48. The second kappa shape index (κ2) is 2.21. The van der Waals surface area contributed by atoms with Crippen molar-refractivity contribution in [2.24, 2.45) is 17.8 Å². The summed E-state index contributed by atoms with van der Waals surface area (Å²) >= 11 is 0. The van der Waals surface area contributed by atoms with Gasteiger partial charge in [-0.05, 0) is 31.1 Å². The first-order valence-corrected chi connectivity index (χ1v) is 4.09. The maximum Gasteiger partial charge on any atom is 0.306 e. The number of aliphatic hydroxyl groups is 1. The molecule has 0 spiro atoms. The van der Waals surface area contributed by atoms with Crippen LogP contribution >= 0.6 is 0 Å². The van der Waals surface area contributed by atoms with Crippen LogP contribution in [0, 0.1) is 17.8 Å². The van der Waals surface area contributed by atoms with Crippen molar-refractivity contribution < 1.29 is 15.0 Å². The number of carboxylic acids is 1. The molecule has 2 N–H and O–H groups in total. The van der Waals surface area contributed by atoms with E-state index in [0.717, 1.165) is 19.3 Å². The zero-order valence-corrected chi connectivity index (χ0v) is 6.23. The van der Waals surface area contributed by atoms with E-state index < -0.39 is 5.97 Å². The molecule has 11 heavy (non-hydrogen) atoms. The Balaban J connectivity index is 2.12. The molecule has 0 saturated heterocycles. The lowest BCUT2D eigenvalue weighted by molar-refractivity contribution is -0.145. The van der Waals surface area contributed by atoms with Gasteiger partial charge >= 0.3 is 5.97 Å². The third-order valence-electron chi connectivity index (χ3n) is 3.10. The van der Waals surface area contributed by atoms with Gasteiger partial charge in [-0.1, -0.05) is 0 Å². The van der Waals surface area contributed by atoms with E-state index in [-0.39, 0.29) is 17.9 Å². The number of hydrogen-bond acceptors (Lipinski definition) is 2. The zero-order chi connectivity index (χ0) is 8.01. The average Bonchev–Trinajstić information content (AvgIpc) is 2.43. The van der Waals surface area contributed by atoms with E-state index in [1.165, 1.54) is 0 Å². The predicted octanol–water partition coefficient (Wildman–Crippen LogP) is 0.478. The van der Waals surface area contributed by atoms with Crippen LogP contribution in [0.1, 0.15) is 19.3 Å². The fourth-order valence-corrected chi connectivity index (χ4v) is 2.60. The SMILES string of the molecule is O=C(O)[C@H]1C[C@H]2C[C@H]1[C@H](O)C2. The van der Waals surface area contributed by atoms with Crippen LogP contribution in [0.4, 0.5) is 0 Å². The lowest BCUT2D eigenvalue weighted by atomic mass is 9.87. The molecule has 0 aliphatic heterocycles. The van der Waals surface area contributed by atoms with E-state index in [1.807, 2.05) is 0 Å². The van der Waals surface area contributed by atoms with Gasteiger partial charge in [0.1, 0.15) is 0 Å². The highest BCUT2D eigenvalue weighted by Gasteiger charge is 2.48. The lowest BCUT2D eigenvalue weighted by Gasteiger charge is -2.22. The molecule has 0 unspecified atom stereocenters. The summed E-state index contributed by atoms with van der Waals surface area (Å²) in [6.45, 7) is 0. The van der Waals surface area contributed by atoms with Crippen molar-refractivity contribution in [3.8, 4) is 0 Å². The van der Waals surface area contributed by atoms with E-state index in [1.54, 1.807) is 0 Å². The number of carboxylic acid groups (broad SMARTS) is 1. The van der Waals surface area contributed by atoms with Gasteiger partial charge in [0, 0.05) is 0 Å². The van der Waals surface area contributed by atoms with Gasteiger partial charge in [0.2, 0.25) is 0 Å². The Morgan fingerprint density at radius 2 is 2.00 bits per heavy atom. The number of aliphatic hydroxyl groups excluding tert-OH is 1. The van der Waals surface area contributed by atoms with Crippen LogP contribution in [0.3, 0.4) is 0 Å². The van der Waals surface area contributed by atoms with Crippen LogP contribution in [0.25, 0.3) is 0 Å². The molecule has 3 nitrogen and oxygen atoms in total. The molecule has 0 aromatic heterocycles. The maximum atomic E-state index is 10.6. The molecule has 2 bridgehead atoms. The summed E-state index contributed by atoms with van der Waals surface area (Å²) < 4.78 is 0. The van der Waals surface area contributed by atoms with Crippen LogP contribution < -0.4 is 0 Å². The van der Waals surface area contributed by atoms with Crippen LogP contribution in [-0.4, -0.2) is 22.3 Å². The first-order chi connectivity index (χ1) is 5.18. The molecule has 0 amide bonds. The average molecular weight is 156 g/mol.